The molecule has 0 fully saturated rings. The summed E-state index contributed by atoms with van der Waals surface area (Å²) in [4.78, 5) is 28.4. The Bertz CT molecular complexity index is 1420. The van der Waals surface area contributed by atoms with Gasteiger partial charge < -0.3 is 10.2 Å². The van der Waals surface area contributed by atoms with Crippen LogP contribution >= 0.6 is 11.6 Å². The molecular weight excluding hydrogens is 534 g/mol. The zero-order valence-electron chi connectivity index (χ0n) is 23.1. The van der Waals surface area contributed by atoms with E-state index >= 15 is 0 Å². The number of nitrogens with zero attached hydrogens (tertiary/aromatic N) is 2. The molecule has 1 N–H and O–H groups in total. The second-order valence-electron chi connectivity index (χ2n) is 9.73. The normalized spacial score (nSPS) is 12.1. The number of nitrogens with one attached hydrogen (secondary N) is 1. The number of halogens is 1. The Morgan fingerprint density at radius 2 is 1.64 bits per heavy atom. The fourth-order valence-electron chi connectivity index (χ4n) is 4.19. The van der Waals surface area contributed by atoms with Crippen LogP contribution in [0.3, 0.4) is 0 Å². The van der Waals surface area contributed by atoms with E-state index in [-0.39, 0.29) is 17.3 Å². The van der Waals surface area contributed by atoms with Gasteiger partial charge in [0, 0.05) is 18.1 Å². The third-order valence-electron chi connectivity index (χ3n) is 6.48. The Labute approximate surface area is 236 Å². The van der Waals surface area contributed by atoms with Crippen LogP contribution < -0.4 is 9.62 Å². The van der Waals surface area contributed by atoms with Gasteiger partial charge in [0.05, 0.1) is 10.6 Å². The Balaban J connectivity index is 2.06. The molecule has 3 rings (SSSR count). The predicted octanol–water partition coefficient (Wildman–Crippen LogP) is 5.40. The summed E-state index contributed by atoms with van der Waals surface area (Å²) < 4.78 is 29.0. The molecule has 9 heteroatoms. The molecule has 0 radical (unpaired) electrons. The minimum absolute atomic E-state index is 0.0549. The van der Waals surface area contributed by atoms with Gasteiger partial charge in [-0.3, -0.25) is 13.9 Å². The van der Waals surface area contributed by atoms with Crippen molar-refractivity contribution in [3.63, 3.8) is 0 Å². The van der Waals surface area contributed by atoms with Crippen LogP contribution in [-0.2, 0) is 26.2 Å². The minimum atomic E-state index is -4.15. The number of hydrogen-bond donors (Lipinski definition) is 1. The summed E-state index contributed by atoms with van der Waals surface area (Å²) in [7, 11) is -4.15. The van der Waals surface area contributed by atoms with Crippen molar-refractivity contribution >= 4 is 39.1 Å². The van der Waals surface area contributed by atoms with Crippen molar-refractivity contribution in [1.82, 2.24) is 10.2 Å². The van der Waals surface area contributed by atoms with Crippen LogP contribution in [0.4, 0.5) is 5.69 Å². The molecule has 0 heterocycles. The SMILES string of the molecule is CCCNC(=O)[C@H](C)N(Cc1cccc(C)c1)C(=O)CN(c1cc(Cl)ccc1C)S(=O)(=O)c1ccc(C)cc1. The van der Waals surface area contributed by atoms with Gasteiger partial charge in [-0.25, -0.2) is 8.42 Å². The first-order chi connectivity index (χ1) is 18.4. The largest absolute Gasteiger partial charge is 0.354 e. The highest BCUT2D eigenvalue weighted by molar-refractivity contribution is 7.92. The summed E-state index contributed by atoms with van der Waals surface area (Å²) >= 11 is 6.27. The van der Waals surface area contributed by atoms with Crippen LogP contribution in [0, 0.1) is 20.8 Å². The zero-order chi connectivity index (χ0) is 28.7. The van der Waals surface area contributed by atoms with Crippen LogP contribution in [-0.4, -0.2) is 44.3 Å². The van der Waals surface area contributed by atoms with Gasteiger partial charge in [-0.2, -0.15) is 0 Å². The molecule has 0 saturated heterocycles. The monoisotopic (exact) mass is 569 g/mol. The number of anilines is 1. The fraction of sp³-hybridized carbons (Fsp3) is 0.333. The number of hydrogen-bond acceptors (Lipinski definition) is 4. The molecule has 0 aliphatic rings. The first-order valence-corrected chi connectivity index (χ1v) is 14.7. The summed E-state index contributed by atoms with van der Waals surface area (Å²) in [6, 6.07) is 18.2. The molecule has 1 atom stereocenters. The molecule has 3 aromatic rings. The average molecular weight is 570 g/mol. The van der Waals surface area contributed by atoms with E-state index in [0.29, 0.717) is 22.8 Å². The first kappa shape index (κ1) is 30.2. The highest BCUT2D eigenvalue weighted by Crippen LogP contribution is 2.30. The van der Waals surface area contributed by atoms with E-state index in [0.717, 1.165) is 27.4 Å². The van der Waals surface area contributed by atoms with Crippen LogP contribution in [0.5, 0.6) is 0 Å². The van der Waals surface area contributed by atoms with Gasteiger partial charge in [-0.1, -0.05) is 72.1 Å². The Morgan fingerprint density at radius 1 is 0.949 bits per heavy atom. The smallest absolute Gasteiger partial charge is 0.264 e. The van der Waals surface area contributed by atoms with Gasteiger partial charge in [0.1, 0.15) is 12.6 Å². The van der Waals surface area contributed by atoms with Gasteiger partial charge in [0.2, 0.25) is 11.8 Å². The van der Waals surface area contributed by atoms with Gasteiger partial charge in [-0.05, 0) is 69.5 Å². The number of rotatable bonds is 11. The molecule has 0 aromatic heterocycles. The number of carbonyl (C=O) groups excluding carboxylic acids is 2. The molecule has 0 aliphatic carbocycles. The third-order valence-corrected chi connectivity index (χ3v) is 8.49. The number of benzene rings is 3. The van der Waals surface area contributed by atoms with Gasteiger partial charge in [0.25, 0.3) is 10.0 Å². The van der Waals surface area contributed by atoms with E-state index in [1.807, 2.05) is 45.0 Å². The molecular formula is C30H36ClN3O4S. The van der Waals surface area contributed by atoms with Crippen molar-refractivity contribution in [2.24, 2.45) is 0 Å². The topological polar surface area (TPSA) is 86.8 Å². The predicted molar refractivity (Wildman–Crippen MR) is 156 cm³/mol. The lowest BCUT2D eigenvalue weighted by Gasteiger charge is -2.32. The van der Waals surface area contributed by atoms with E-state index in [2.05, 4.69) is 5.32 Å². The second kappa shape index (κ2) is 13.1. The summed E-state index contributed by atoms with van der Waals surface area (Å²) in [5, 5.41) is 3.19. The van der Waals surface area contributed by atoms with E-state index < -0.39 is 28.5 Å². The lowest BCUT2D eigenvalue weighted by molar-refractivity contribution is -0.139. The molecule has 2 amide bonds. The maximum absolute atomic E-state index is 14.0. The Morgan fingerprint density at radius 3 is 2.28 bits per heavy atom. The van der Waals surface area contributed by atoms with Crippen LogP contribution in [0.1, 0.15) is 42.5 Å². The summed E-state index contributed by atoms with van der Waals surface area (Å²) in [5.41, 5.74) is 3.70. The molecule has 208 valence electrons. The highest BCUT2D eigenvalue weighted by Gasteiger charge is 2.33. The molecule has 7 nitrogen and oxygen atoms in total. The van der Waals surface area contributed by atoms with Crippen molar-refractivity contribution in [1.29, 1.82) is 0 Å². The van der Waals surface area contributed by atoms with Gasteiger partial charge in [0.15, 0.2) is 0 Å². The minimum Gasteiger partial charge on any atom is -0.354 e. The average Bonchev–Trinajstić information content (AvgIpc) is 2.90. The summed E-state index contributed by atoms with van der Waals surface area (Å²) in [6.07, 6.45) is 0.751. The molecule has 0 saturated carbocycles. The lowest BCUT2D eigenvalue weighted by atomic mass is 10.1. The quantitative estimate of drug-likeness (QED) is 0.335. The number of amides is 2. The molecule has 39 heavy (non-hydrogen) atoms. The second-order valence-corrected chi connectivity index (χ2v) is 12.0. The standard InChI is InChI=1S/C30H36ClN3O4S/c1-6-16-32-30(36)24(5)33(19-25-9-7-8-22(3)17-25)29(35)20-34(28-18-26(31)13-12-23(28)4)39(37,38)27-14-10-21(2)11-15-27/h7-15,17-18,24H,6,16,19-20H2,1-5H3,(H,32,36)/t24-/m0/s1. The molecule has 0 bridgehead atoms. The maximum Gasteiger partial charge on any atom is 0.264 e. The molecule has 3 aromatic carbocycles. The van der Waals surface area contributed by atoms with Crippen molar-refractivity contribution < 1.29 is 18.0 Å². The van der Waals surface area contributed by atoms with Crippen LogP contribution in [0.15, 0.2) is 71.6 Å². The number of carbonyl (C=O) groups is 2. The molecule has 0 aliphatic heterocycles. The van der Waals surface area contributed by atoms with E-state index in [1.165, 1.54) is 23.1 Å². The van der Waals surface area contributed by atoms with Crippen molar-refractivity contribution in [3.05, 3.63) is 94.0 Å². The van der Waals surface area contributed by atoms with Crippen molar-refractivity contribution in [2.75, 3.05) is 17.4 Å². The highest BCUT2D eigenvalue weighted by atomic mass is 35.5. The number of aryl methyl sites for hydroxylation is 3. The van der Waals surface area contributed by atoms with Crippen molar-refractivity contribution in [3.8, 4) is 0 Å². The summed E-state index contributed by atoms with van der Waals surface area (Å²) in [6.45, 7) is 9.30. The van der Waals surface area contributed by atoms with E-state index in [4.69, 9.17) is 11.6 Å². The third kappa shape index (κ3) is 7.61. The molecule has 0 unspecified atom stereocenters. The summed E-state index contributed by atoms with van der Waals surface area (Å²) in [5.74, 6) is -0.810. The van der Waals surface area contributed by atoms with E-state index in [1.54, 1.807) is 38.1 Å². The van der Waals surface area contributed by atoms with Crippen LogP contribution in [0.2, 0.25) is 5.02 Å². The van der Waals surface area contributed by atoms with Crippen LogP contribution in [0.25, 0.3) is 0 Å². The van der Waals surface area contributed by atoms with Gasteiger partial charge >= 0.3 is 0 Å². The Hall–Kier alpha value is -3.36. The number of sulfonamides is 1. The van der Waals surface area contributed by atoms with E-state index in [9.17, 15) is 18.0 Å². The van der Waals surface area contributed by atoms with Crippen molar-refractivity contribution in [2.45, 2.75) is 58.5 Å². The lowest BCUT2D eigenvalue weighted by Crippen LogP contribution is -2.51. The Kier molecular flexibility index (Phi) is 10.2. The van der Waals surface area contributed by atoms with Gasteiger partial charge in [-0.15, -0.1) is 0 Å². The maximum atomic E-state index is 14.0. The fourth-order valence-corrected chi connectivity index (χ4v) is 5.82. The molecule has 0 spiro atoms. The zero-order valence-corrected chi connectivity index (χ0v) is 24.6. The first-order valence-electron chi connectivity index (χ1n) is 12.9.